The van der Waals surface area contributed by atoms with Crippen LogP contribution in [0, 0.1) is 0 Å². The summed E-state index contributed by atoms with van der Waals surface area (Å²) in [4.78, 5) is 15.1. The Morgan fingerprint density at radius 2 is 1.87 bits per heavy atom. The number of methoxy groups -OCH3 is 3. The lowest BCUT2D eigenvalue weighted by atomic mass is 9.95. The number of phenolic OH excluding ortho intramolecular Hbond substituents is 1. The maximum absolute atomic E-state index is 13.3. The molecule has 1 aliphatic rings. The third-order valence-electron chi connectivity index (χ3n) is 5.49. The molecule has 2 aromatic carbocycles. The number of amides is 1. The molecule has 4 rings (SSSR count). The molecule has 0 spiro atoms. The highest BCUT2D eigenvalue weighted by Gasteiger charge is 2.42. The van der Waals surface area contributed by atoms with E-state index in [4.69, 9.17) is 14.2 Å². The molecular formula is C23H25N3O5. The van der Waals surface area contributed by atoms with Gasteiger partial charge in [-0.25, -0.2) is 0 Å². The number of carbonyl (C=O) groups excluding carboxylic acids is 1. The van der Waals surface area contributed by atoms with Crippen molar-refractivity contribution in [3.8, 4) is 28.5 Å². The normalized spacial score (nSPS) is 15.3. The van der Waals surface area contributed by atoms with Crippen LogP contribution in [0.2, 0.25) is 0 Å². The zero-order valence-electron chi connectivity index (χ0n) is 17.7. The van der Waals surface area contributed by atoms with E-state index < -0.39 is 6.04 Å². The fraction of sp³-hybridized carbons (Fsp3) is 0.304. The molecule has 0 saturated carbocycles. The molecule has 1 unspecified atom stereocenters. The van der Waals surface area contributed by atoms with Gasteiger partial charge in [0.1, 0.15) is 17.1 Å². The van der Waals surface area contributed by atoms with Gasteiger partial charge in [0, 0.05) is 31.4 Å². The Morgan fingerprint density at radius 1 is 1.10 bits per heavy atom. The molecule has 2 N–H and O–H groups in total. The Hall–Kier alpha value is -3.52. The summed E-state index contributed by atoms with van der Waals surface area (Å²) in [6, 6.07) is 12.2. The summed E-state index contributed by atoms with van der Waals surface area (Å²) in [5, 5.41) is 17.7. The van der Waals surface area contributed by atoms with Crippen LogP contribution in [-0.2, 0) is 4.74 Å². The van der Waals surface area contributed by atoms with E-state index in [2.05, 4.69) is 10.2 Å². The van der Waals surface area contributed by atoms with Crippen LogP contribution in [-0.4, -0.2) is 60.6 Å². The van der Waals surface area contributed by atoms with E-state index in [-0.39, 0.29) is 11.7 Å². The largest absolute Gasteiger partial charge is 0.507 e. The molecule has 0 fully saturated rings. The molecular weight excluding hydrogens is 398 g/mol. The van der Waals surface area contributed by atoms with Crippen LogP contribution in [0.25, 0.3) is 11.3 Å². The zero-order chi connectivity index (χ0) is 22.0. The van der Waals surface area contributed by atoms with Gasteiger partial charge in [-0.05, 0) is 36.2 Å². The molecule has 8 nitrogen and oxygen atoms in total. The van der Waals surface area contributed by atoms with Crippen molar-refractivity contribution in [1.82, 2.24) is 15.1 Å². The molecule has 0 saturated heterocycles. The molecule has 8 heteroatoms. The van der Waals surface area contributed by atoms with Gasteiger partial charge in [0.05, 0.1) is 20.3 Å². The van der Waals surface area contributed by atoms with E-state index in [1.54, 1.807) is 44.4 Å². The number of fused-ring (bicyclic) bond motifs is 1. The number of benzene rings is 2. The molecule has 0 radical (unpaired) electrons. The highest BCUT2D eigenvalue weighted by Crippen LogP contribution is 2.45. The Bertz CT molecular complexity index is 1090. The lowest BCUT2D eigenvalue weighted by Crippen LogP contribution is -2.31. The van der Waals surface area contributed by atoms with Crippen LogP contribution >= 0.6 is 0 Å². The number of H-pyrrole nitrogens is 1. The Labute approximate surface area is 180 Å². The number of hydrogen-bond donors (Lipinski definition) is 2. The van der Waals surface area contributed by atoms with Gasteiger partial charge in [0.15, 0.2) is 11.5 Å². The maximum Gasteiger partial charge on any atom is 0.273 e. The van der Waals surface area contributed by atoms with Crippen LogP contribution < -0.4 is 9.47 Å². The lowest BCUT2D eigenvalue weighted by Gasteiger charge is -2.27. The van der Waals surface area contributed by atoms with Crippen molar-refractivity contribution in [2.75, 3.05) is 34.5 Å². The van der Waals surface area contributed by atoms with Crippen LogP contribution in [0.4, 0.5) is 0 Å². The number of rotatable bonds is 8. The van der Waals surface area contributed by atoms with Gasteiger partial charge in [0.2, 0.25) is 0 Å². The first-order chi connectivity index (χ1) is 15.1. The molecule has 0 bridgehead atoms. The summed E-state index contributed by atoms with van der Waals surface area (Å²) >= 11 is 0. The number of aromatic amines is 1. The minimum Gasteiger partial charge on any atom is -0.507 e. The van der Waals surface area contributed by atoms with Crippen LogP contribution in [0.3, 0.4) is 0 Å². The van der Waals surface area contributed by atoms with E-state index in [1.807, 2.05) is 24.3 Å². The van der Waals surface area contributed by atoms with Crippen molar-refractivity contribution in [1.29, 1.82) is 0 Å². The Kier molecular flexibility index (Phi) is 5.81. The van der Waals surface area contributed by atoms with E-state index in [0.29, 0.717) is 48.0 Å². The van der Waals surface area contributed by atoms with Crippen LogP contribution in [0.15, 0.2) is 42.5 Å². The number of hydrogen-bond acceptors (Lipinski definition) is 6. The van der Waals surface area contributed by atoms with Gasteiger partial charge in [-0.1, -0.05) is 18.2 Å². The number of nitrogens with zero attached hydrogens (tertiary/aromatic N) is 2. The summed E-state index contributed by atoms with van der Waals surface area (Å²) in [5.41, 5.74) is 3.14. The SMILES string of the molecule is COCCCN1C(=O)c2[nH]nc(-c3ccccc3O)c2C1c1ccc(OC)c(OC)c1. The third kappa shape index (κ3) is 3.59. The molecule has 31 heavy (non-hydrogen) atoms. The van der Waals surface area contributed by atoms with Gasteiger partial charge in [-0.2, -0.15) is 5.10 Å². The van der Waals surface area contributed by atoms with Gasteiger partial charge >= 0.3 is 0 Å². The second kappa shape index (κ2) is 8.69. The summed E-state index contributed by atoms with van der Waals surface area (Å²) < 4.78 is 16.0. The van der Waals surface area contributed by atoms with E-state index in [1.165, 1.54) is 0 Å². The number of aromatic hydroxyl groups is 1. The van der Waals surface area contributed by atoms with Crippen molar-refractivity contribution >= 4 is 5.91 Å². The van der Waals surface area contributed by atoms with Gasteiger partial charge in [-0.3, -0.25) is 9.89 Å². The average molecular weight is 423 g/mol. The summed E-state index contributed by atoms with van der Waals surface area (Å²) in [6.45, 7) is 1.05. The number of nitrogens with one attached hydrogen (secondary N) is 1. The highest BCUT2D eigenvalue weighted by molar-refractivity contribution is 6.00. The standard InChI is InChI=1S/C23H25N3O5/c1-29-12-6-11-26-22(14-9-10-17(30-2)18(13-14)31-3)19-20(24-25-21(19)23(26)28)15-7-4-5-8-16(15)27/h4-5,7-10,13,22,27H,6,11-12H2,1-3H3,(H,24,25). The molecule has 162 valence electrons. The predicted molar refractivity (Wildman–Crippen MR) is 115 cm³/mol. The molecule has 0 aliphatic carbocycles. The summed E-state index contributed by atoms with van der Waals surface area (Å²) in [7, 11) is 4.80. The van der Waals surface area contributed by atoms with E-state index in [0.717, 1.165) is 11.1 Å². The van der Waals surface area contributed by atoms with Crippen LogP contribution in [0.5, 0.6) is 17.2 Å². The van der Waals surface area contributed by atoms with Crippen molar-refractivity contribution in [2.45, 2.75) is 12.5 Å². The second-order valence-corrected chi connectivity index (χ2v) is 7.24. The zero-order valence-corrected chi connectivity index (χ0v) is 17.7. The molecule has 1 atom stereocenters. The van der Waals surface area contributed by atoms with Crippen molar-refractivity contribution in [3.63, 3.8) is 0 Å². The van der Waals surface area contributed by atoms with Crippen molar-refractivity contribution in [3.05, 3.63) is 59.3 Å². The summed E-state index contributed by atoms with van der Waals surface area (Å²) in [5.74, 6) is 1.15. The third-order valence-corrected chi connectivity index (χ3v) is 5.49. The quantitative estimate of drug-likeness (QED) is 0.539. The number of phenols is 1. The minimum atomic E-state index is -0.396. The molecule has 1 amide bonds. The van der Waals surface area contributed by atoms with E-state index >= 15 is 0 Å². The van der Waals surface area contributed by atoms with Gasteiger partial charge in [0.25, 0.3) is 5.91 Å². The first-order valence-electron chi connectivity index (χ1n) is 9.99. The lowest BCUT2D eigenvalue weighted by molar-refractivity contribution is 0.0723. The smallest absolute Gasteiger partial charge is 0.273 e. The highest BCUT2D eigenvalue weighted by atomic mass is 16.5. The number of para-hydroxylation sites is 1. The Morgan fingerprint density at radius 3 is 2.58 bits per heavy atom. The average Bonchev–Trinajstić information content (AvgIpc) is 3.33. The minimum absolute atomic E-state index is 0.105. The molecule has 3 aromatic rings. The first-order valence-corrected chi connectivity index (χ1v) is 9.99. The fourth-order valence-electron chi connectivity index (χ4n) is 4.06. The fourth-order valence-corrected chi connectivity index (χ4v) is 4.06. The molecule has 1 aromatic heterocycles. The van der Waals surface area contributed by atoms with Crippen molar-refractivity contribution in [2.24, 2.45) is 0 Å². The van der Waals surface area contributed by atoms with Gasteiger partial charge < -0.3 is 24.2 Å². The summed E-state index contributed by atoms with van der Waals surface area (Å²) in [6.07, 6.45) is 0.690. The number of carbonyl (C=O) groups is 1. The first kappa shape index (κ1) is 20.7. The molecule has 1 aliphatic heterocycles. The predicted octanol–water partition coefficient (Wildman–Crippen LogP) is 3.38. The number of ether oxygens (including phenoxy) is 3. The topological polar surface area (TPSA) is 96.9 Å². The second-order valence-electron chi connectivity index (χ2n) is 7.24. The monoisotopic (exact) mass is 423 g/mol. The molecule has 2 heterocycles. The number of aromatic nitrogens is 2. The van der Waals surface area contributed by atoms with Gasteiger partial charge in [-0.15, -0.1) is 0 Å². The Balaban J connectivity index is 1.86. The van der Waals surface area contributed by atoms with Crippen LogP contribution in [0.1, 0.15) is 34.1 Å². The van der Waals surface area contributed by atoms with Crippen molar-refractivity contribution < 1.29 is 24.1 Å². The van der Waals surface area contributed by atoms with E-state index in [9.17, 15) is 9.90 Å². The maximum atomic E-state index is 13.3.